The van der Waals surface area contributed by atoms with E-state index in [2.05, 4.69) is 52.7 Å². The quantitative estimate of drug-likeness (QED) is 0.864. The summed E-state index contributed by atoms with van der Waals surface area (Å²) >= 11 is 0. The predicted molar refractivity (Wildman–Crippen MR) is 81.4 cm³/mol. The van der Waals surface area contributed by atoms with Crippen molar-refractivity contribution in [3.8, 4) is 0 Å². The van der Waals surface area contributed by atoms with Crippen LogP contribution in [0.3, 0.4) is 0 Å². The maximum Gasteiger partial charge on any atom is 0.141 e. The van der Waals surface area contributed by atoms with Gasteiger partial charge in [-0.15, -0.1) is 0 Å². The highest BCUT2D eigenvalue weighted by Crippen LogP contribution is 2.17. The monoisotopic (exact) mass is 279 g/mol. The van der Waals surface area contributed by atoms with Gasteiger partial charge in [0.05, 0.1) is 6.54 Å². The SMILES string of the molecule is CCCn1ncnc1CN1CC(C)NCC1CC(C)C. The number of hydrogen-bond donors (Lipinski definition) is 1. The molecule has 1 aromatic heterocycles. The minimum Gasteiger partial charge on any atom is -0.311 e. The van der Waals surface area contributed by atoms with Crippen LogP contribution in [0.1, 0.15) is 46.4 Å². The lowest BCUT2D eigenvalue weighted by molar-refractivity contribution is 0.106. The van der Waals surface area contributed by atoms with Crippen molar-refractivity contribution in [3.05, 3.63) is 12.2 Å². The Kier molecular flexibility index (Phi) is 5.54. The summed E-state index contributed by atoms with van der Waals surface area (Å²) in [5.74, 6) is 1.83. The number of hydrogen-bond acceptors (Lipinski definition) is 4. The van der Waals surface area contributed by atoms with Gasteiger partial charge >= 0.3 is 0 Å². The third-order valence-electron chi connectivity index (χ3n) is 3.95. The molecule has 0 bridgehead atoms. The first-order valence-corrected chi connectivity index (χ1v) is 7.94. The molecule has 0 radical (unpaired) electrons. The molecule has 0 amide bonds. The van der Waals surface area contributed by atoms with Gasteiger partial charge in [-0.25, -0.2) is 9.67 Å². The van der Waals surface area contributed by atoms with Gasteiger partial charge in [-0.2, -0.15) is 5.10 Å². The summed E-state index contributed by atoms with van der Waals surface area (Å²) in [7, 11) is 0. The first kappa shape index (κ1) is 15.4. The van der Waals surface area contributed by atoms with Crippen molar-refractivity contribution in [1.29, 1.82) is 0 Å². The van der Waals surface area contributed by atoms with Crippen molar-refractivity contribution in [2.24, 2.45) is 5.92 Å². The zero-order valence-electron chi connectivity index (χ0n) is 13.3. The molecule has 1 aliphatic rings. The molecule has 0 aromatic carbocycles. The normalized spacial score (nSPS) is 24.4. The fourth-order valence-corrected chi connectivity index (χ4v) is 2.99. The number of aromatic nitrogens is 3. The van der Waals surface area contributed by atoms with E-state index in [0.717, 1.165) is 44.3 Å². The minimum absolute atomic E-state index is 0.556. The van der Waals surface area contributed by atoms with E-state index in [-0.39, 0.29) is 0 Å². The fourth-order valence-electron chi connectivity index (χ4n) is 2.99. The van der Waals surface area contributed by atoms with Crippen LogP contribution >= 0.6 is 0 Å². The van der Waals surface area contributed by atoms with Crippen molar-refractivity contribution < 1.29 is 0 Å². The molecule has 0 spiro atoms. The Morgan fingerprint density at radius 1 is 1.45 bits per heavy atom. The molecular formula is C15H29N5. The lowest BCUT2D eigenvalue weighted by atomic mass is 9.99. The molecule has 20 heavy (non-hydrogen) atoms. The lowest BCUT2D eigenvalue weighted by Gasteiger charge is -2.40. The molecule has 0 aliphatic carbocycles. The molecule has 1 N–H and O–H groups in total. The van der Waals surface area contributed by atoms with Crippen LogP contribution < -0.4 is 5.32 Å². The highest BCUT2D eigenvalue weighted by Gasteiger charge is 2.27. The standard InChI is InChI=1S/C15H29N5/c1-5-6-20-15(17-11-18-20)10-19-9-13(4)16-8-14(19)7-12(2)3/h11-14,16H,5-10H2,1-4H3. The predicted octanol–water partition coefficient (Wildman–Crippen LogP) is 1.90. The third kappa shape index (κ3) is 4.03. The summed E-state index contributed by atoms with van der Waals surface area (Å²) in [5.41, 5.74) is 0. The van der Waals surface area contributed by atoms with Crippen LogP contribution in [0.4, 0.5) is 0 Å². The number of rotatable bonds is 6. The average Bonchev–Trinajstić information content (AvgIpc) is 2.80. The maximum absolute atomic E-state index is 4.46. The van der Waals surface area contributed by atoms with Gasteiger partial charge < -0.3 is 5.32 Å². The van der Waals surface area contributed by atoms with E-state index in [1.165, 1.54) is 6.42 Å². The second kappa shape index (κ2) is 7.18. The zero-order valence-corrected chi connectivity index (χ0v) is 13.3. The highest BCUT2D eigenvalue weighted by atomic mass is 15.4. The Labute approximate surface area is 122 Å². The Morgan fingerprint density at radius 3 is 2.95 bits per heavy atom. The van der Waals surface area contributed by atoms with Crippen LogP contribution in [0.25, 0.3) is 0 Å². The Hall–Kier alpha value is -0.940. The van der Waals surface area contributed by atoms with Crippen molar-refractivity contribution in [2.75, 3.05) is 13.1 Å². The Balaban J connectivity index is 2.04. The lowest BCUT2D eigenvalue weighted by Crippen LogP contribution is -2.55. The molecule has 5 nitrogen and oxygen atoms in total. The summed E-state index contributed by atoms with van der Waals surface area (Å²) in [6, 6.07) is 1.17. The van der Waals surface area contributed by atoms with E-state index in [1.807, 2.05) is 0 Å². The van der Waals surface area contributed by atoms with Gasteiger partial charge in [0.15, 0.2) is 0 Å². The molecule has 114 valence electrons. The first-order valence-electron chi connectivity index (χ1n) is 7.94. The van der Waals surface area contributed by atoms with E-state index in [9.17, 15) is 0 Å². The smallest absolute Gasteiger partial charge is 0.141 e. The van der Waals surface area contributed by atoms with Gasteiger partial charge in [0.1, 0.15) is 12.2 Å². The topological polar surface area (TPSA) is 46.0 Å². The summed E-state index contributed by atoms with van der Waals surface area (Å²) in [5, 5.41) is 7.94. The van der Waals surface area contributed by atoms with Crippen molar-refractivity contribution in [1.82, 2.24) is 25.0 Å². The average molecular weight is 279 g/mol. The first-order chi connectivity index (χ1) is 9.60. The molecule has 2 heterocycles. The van der Waals surface area contributed by atoms with Gasteiger partial charge in [-0.3, -0.25) is 4.90 Å². The van der Waals surface area contributed by atoms with Crippen molar-refractivity contribution in [3.63, 3.8) is 0 Å². The third-order valence-corrected chi connectivity index (χ3v) is 3.95. The van der Waals surface area contributed by atoms with E-state index in [0.29, 0.717) is 12.1 Å². The van der Waals surface area contributed by atoms with E-state index < -0.39 is 0 Å². The van der Waals surface area contributed by atoms with Crippen molar-refractivity contribution in [2.45, 2.75) is 65.7 Å². The van der Waals surface area contributed by atoms with E-state index in [1.54, 1.807) is 6.33 Å². The van der Waals surface area contributed by atoms with Gasteiger partial charge in [-0.05, 0) is 25.7 Å². The fraction of sp³-hybridized carbons (Fsp3) is 0.867. The molecular weight excluding hydrogens is 250 g/mol. The van der Waals surface area contributed by atoms with Crippen LogP contribution in [0.15, 0.2) is 6.33 Å². The van der Waals surface area contributed by atoms with Gasteiger partial charge in [0.25, 0.3) is 0 Å². The number of piperazine rings is 1. The van der Waals surface area contributed by atoms with Crippen LogP contribution in [-0.2, 0) is 13.1 Å². The molecule has 2 atom stereocenters. The number of aryl methyl sites for hydroxylation is 1. The summed E-state index contributed by atoms with van der Waals surface area (Å²) in [6.45, 7) is 13.1. The zero-order chi connectivity index (χ0) is 14.5. The van der Waals surface area contributed by atoms with Gasteiger partial charge in [0, 0.05) is 31.7 Å². The van der Waals surface area contributed by atoms with E-state index in [4.69, 9.17) is 0 Å². The summed E-state index contributed by atoms with van der Waals surface area (Å²) in [6.07, 6.45) is 4.03. The molecule has 1 fully saturated rings. The summed E-state index contributed by atoms with van der Waals surface area (Å²) < 4.78 is 2.05. The van der Waals surface area contributed by atoms with Crippen LogP contribution in [0.5, 0.6) is 0 Å². The maximum atomic E-state index is 4.46. The molecule has 2 unspecified atom stereocenters. The van der Waals surface area contributed by atoms with E-state index >= 15 is 0 Å². The molecule has 0 saturated carbocycles. The minimum atomic E-state index is 0.556. The Morgan fingerprint density at radius 2 is 2.25 bits per heavy atom. The molecule has 5 heteroatoms. The highest BCUT2D eigenvalue weighted by molar-refractivity contribution is 4.91. The van der Waals surface area contributed by atoms with Crippen molar-refractivity contribution >= 4 is 0 Å². The number of nitrogens with one attached hydrogen (secondary N) is 1. The Bertz CT molecular complexity index is 401. The molecule has 1 aromatic rings. The van der Waals surface area contributed by atoms with Crippen LogP contribution in [-0.4, -0.2) is 44.8 Å². The second-order valence-electron chi connectivity index (χ2n) is 6.42. The van der Waals surface area contributed by atoms with Crippen LogP contribution in [0.2, 0.25) is 0 Å². The molecule has 1 aliphatic heterocycles. The number of nitrogens with zero attached hydrogens (tertiary/aromatic N) is 4. The van der Waals surface area contributed by atoms with Crippen LogP contribution in [0, 0.1) is 5.92 Å². The molecule has 1 saturated heterocycles. The second-order valence-corrected chi connectivity index (χ2v) is 6.42. The molecule has 2 rings (SSSR count). The summed E-state index contributed by atoms with van der Waals surface area (Å²) in [4.78, 5) is 7.04. The largest absolute Gasteiger partial charge is 0.311 e. The van der Waals surface area contributed by atoms with Gasteiger partial charge in [-0.1, -0.05) is 20.8 Å². The van der Waals surface area contributed by atoms with Gasteiger partial charge in [0.2, 0.25) is 0 Å².